The molecule has 9 nitrogen and oxygen atoms in total. The van der Waals surface area contributed by atoms with Crippen LogP contribution in [0.1, 0.15) is 0 Å². The first-order chi connectivity index (χ1) is 12.9. The van der Waals surface area contributed by atoms with Crippen LogP contribution >= 0.6 is 0 Å². The van der Waals surface area contributed by atoms with E-state index in [9.17, 15) is 13.0 Å². The van der Waals surface area contributed by atoms with E-state index in [0.717, 1.165) is 10.8 Å². The van der Waals surface area contributed by atoms with Crippen LogP contribution in [0.2, 0.25) is 0 Å². The fourth-order valence-corrected chi connectivity index (χ4v) is 3.55. The summed E-state index contributed by atoms with van der Waals surface area (Å²) < 4.78 is 41.7. The van der Waals surface area contributed by atoms with Gasteiger partial charge in [0.05, 0.1) is 6.54 Å². The molecule has 0 aliphatic carbocycles. The van der Waals surface area contributed by atoms with Crippen LogP contribution in [0, 0.1) is 0 Å². The van der Waals surface area contributed by atoms with Gasteiger partial charge in [-0.1, -0.05) is 36.4 Å². The van der Waals surface area contributed by atoms with Crippen molar-refractivity contribution >= 4 is 37.9 Å². The Morgan fingerprint density at radius 1 is 1.11 bits per heavy atom. The first-order valence-corrected chi connectivity index (χ1v) is 9.39. The second kappa shape index (κ2) is 6.49. The van der Waals surface area contributed by atoms with E-state index in [1.54, 1.807) is 0 Å². The number of nitrogens with zero attached hydrogens (tertiary/aromatic N) is 4. The Morgan fingerprint density at radius 2 is 1.89 bits per heavy atom. The molecule has 27 heavy (non-hydrogen) atoms. The lowest BCUT2D eigenvalue weighted by Crippen LogP contribution is -2.15. The van der Waals surface area contributed by atoms with Crippen molar-refractivity contribution in [3.8, 4) is 5.75 Å². The minimum absolute atomic E-state index is 0.00128. The molecular weight excluding hydrogens is 370 g/mol. The molecule has 2 aromatic heterocycles. The lowest BCUT2D eigenvalue weighted by Gasteiger charge is -2.13. The molecule has 4 rings (SSSR count). The van der Waals surface area contributed by atoms with Crippen LogP contribution in [0.3, 0.4) is 0 Å². The van der Waals surface area contributed by atoms with Gasteiger partial charge in [-0.2, -0.15) is 0 Å². The maximum Gasteiger partial charge on any atom is 0.217 e. The summed E-state index contributed by atoms with van der Waals surface area (Å²) in [6, 6.07) is 13.4. The van der Waals surface area contributed by atoms with Crippen LogP contribution in [0.15, 0.2) is 53.9 Å². The Morgan fingerprint density at radius 3 is 2.70 bits per heavy atom. The topological polar surface area (TPSA) is 136 Å². The number of anilines is 1. The van der Waals surface area contributed by atoms with Crippen LogP contribution in [0.25, 0.3) is 21.9 Å². The maximum absolute atomic E-state index is 11.6. The highest BCUT2D eigenvalue weighted by Gasteiger charge is 2.19. The van der Waals surface area contributed by atoms with Gasteiger partial charge in [-0.05, 0) is 11.5 Å². The SMILES string of the molecule is Nc1ncnc2c1nc(S(=O)(=O)[O-])n2CCOc1cccc2ccccc12. The maximum atomic E-state index is 11.6. The van der Waals surface area contributed by atoms with Crippen molar-refractivity contribution in [3.05, 3.63) is 48.8 Å². The predicted molar refractivity (Wildman–Crippen MR) is 97.1 cm³/mol. The smallest absolute Gasteiger partial charge is 0.217 e. The lowest BCUT2D eigenvalue weighted by molar-refractivity contribution is 0.296. The van der Waals surface area contributed by atoms with Gasteiger partial charge < -0.3 is 15.0 Å². The molecule has 0 saturated carbocycles. The Kier molecular flexibility index (Phi) is 4.13. The first-order valence-electron chi connectivity index (χ1n) is 7.98. The van der Waals surface area contributed by atoms with Crippen LogP contribution < -0.4 is 10.5 Å². The zero-order chi connectivity index (χ0) is 19.0. The van der Waals surface area contributed by atoms with Crippen LogP contribution in [-0.2, 0) is 16.7 Å². The summed E-state index contributed by atoms with van der Waals surface area (Å²) in [4.78, 5) is 11.6. The Balaban J connectivity index is 1.67. The van der Waals surface area contributed by atoms with Gasteiger partial charge in [0.15, 0.2) is 27.1 Å². The molecule has 2 N–H and O–H groups in total. The molecule has 10 heteroatoms. The molecule has 2 heterocycles. The van der Waals surface area contributed by atoms with Crippen LogP contribution in [0.5, 0.6) is 5.75 Å². The number of imidazole rings is 1. The van der Waals surface area contributed by atoms with Crippen molar-refractivity contribution in [3.63, 3.8) is 0 Å². The number of benzene rings is 2. The van der Waals surface area contributed by atoms with E-state index in [0.29, 0.717) is 5.75 Å². The molecule has 0 unspecified atom stereocenters. The molecule has 138 valence electrons. The van der Waals surface area contributed by atoms with Gasteiger partial charge in [-0.15, -0.1) is 0 Å². The number of rotatable bonds is 5. The van der Waals surface area contributed by atoms with Crippen molar-refractivity contribution in [1.29, 1.82) is 0 Å². The van der Waals surface area contributed by atoms with Crippen LogP contribution in [-0.4, -0.2) is 39.1 Å². The van der Waals surface area contributed by atoms with Gasteiger partial charge in [0.1, 0.15) is 18.7 Å². The highest BCUT2D eigenvalue weighted by atomic mass is 32.2. The summed E-state index contributed by atoms with van der Waals surface area (Å²) in [6.07, 6.45) is 1.18. The molecule has 0 amide bonds. The first kappa shape index (κ1) is 17.2. The molecule has 4 aromatic rings. The summed E-state index contributed by atoms with van der Waals surface area (Å²) in [5, 5.41) is 1.29. The normalized spacial score (nSPS) is 11.9. The van der Waals surface area contributed by atoms with Gasteiger partial charge in [-0.3, -0.25) is 4.57 Å². The molecule has 0 fully saturated rings. The lowest BCUT2D eigenvalue weighted by atomic mass is 10.1. The number of ether oxygens (including phenoxy) is 1. The van der Waals surface area contributed by atoms with E-state index in [-0.39, 0.29) is 30.1 Å². The third kappa shape index (κ3) is 3.15. The van der Waals surface area contributed by atoms with Gasteiger partial charge in [-0.25, -0.2) is 23.4 Å². The van der Waals surface area contributed by atoms with Crippen molar-refractivity contribution in [2.24, 2.45) is 0 Å². The Bertz CT molecular complexity index is 1250. The average Bonchev–Trinajstić information content (AvgIpc) is 3.03. The predicted octanol–water partition coefficient (Wildman–Crippen LogP) is 1.54. The Hall–Kier alpha value is -3.24. The van der Waals surface area contributed by atoms with E-state index in [1.807, 2.05) is 42.5 Å². The average molecular weight is 384 g/mol. The third-order valence-electron chi connectivity index (χ3n) is 4.07. The zero-order valence-electron chi connectivity index (χ0n) is 13.9. The van der Waals surface area contributed by atoms with E-state index in [4.69, 9.17) is 10.5 Å². The largest absolute Gasteiger partial charge is 0.742 e. The molecule has 0 radical (unpaired) electrons. The van der Waals surface area contributed by atoms with Gasteiger partial charge in [0.25, 0.3) is 0 Å². The van der Waals surface area contributed by atoms with Crippen molar-refractivity contribution in [2.75, 3.05) is 12.3 Å². The van der Waals surface area contributed by atoms with E-state index >= 15 is 0 Å². The van der Waals surface area contributed by atoms with Crippen molar-refractivity contribution in [1.82, 2.24) is 19.5 Å². The fourth-order valence-electron chi connectivity index (χ4n) is 2.89. The second-order valence-corrected chi connectivity index (χ2v) is 7.03. The standard InChI is InChI=1S/C17H15N5O4S/c18-15-14-16(20-10-19-15)22(17(21-14)27(23,24)25)8-9-26-13-7-3-5-11-4-1-2-6-12(11)13/h1-7,10H,8-9H2,(H2,18,19,20)(H,23,24,25)/p-1. The van der Waals surface area contributed by atoms with Crippen molar-refractivity contribution < 1.29 is 17.7 Å². The number of fused-ring (bicyclic) bond motifs is 2. The zero-order valence-corrected chi connectivity index (χ0v) is 14.8. The third-order valence-corrected chi connectivity index (χ3v) is 4.83. The number of hydrogen-bond donors (Lipinski definition) is 1. The summed E-state index contributed by atoms with van der Waals surface area (Å²) in [5.74, 6) is 0.650. The van der Waals surface area contributed by atoms with Crippen molar-refractivity contribution in [2.45, 2.75) is 11.7 Å². The van der Waals surface area contributed by atoms with Crippen LogP contribution in [0.4, 0.5) is 5.82 Å². The van der Waals surface area contributed by atoms with Gasteiger partial charge in [0.2, 0.25) is 5.16 Å². The van der Waals surface area contributed by atoms with E-state index in [1.165, 1.54) is 10.9 Å². The minimum atomic E-state index is -4.82. The summed E-state index contributed by atoms with van der Waals surface area (Å²) in [7, 11) is -4.82. The number of aromatic nitrogens is 4. The molecule has 0 saturated heterocycles. The minimum Gasteiger partial charge on any atom is -0.742 e. The summed E-state index contributed by atoms with van der Waals surface area (Å²) >= 11 is 0. The van der Waals surface area contributed by atoms with E-state index in [2.05, 4.69) is 15.0 Å². The highest BCUT2D eigenvalue weighted by molar-refractivity contribution is 7.85. The number of hydrogen-bond acceptors (Lipinski definition) is 8. The molecule has 0 atom stereocenters. The molecule has 2 aromatic carbocycles. The monoisotopic (exact) mass is 384 g/mol. The molecule has 0 aliphatic heterocycles. The Labute approximate surface area is 154 Å². The molecular formula is C17H14N5O4S-. The van der Waals surface area contributed by atoms with Gasteiger partial charge >= 0.3 is 0 Å². The fraction of sp³-hybridized carbons (Fsp3) is 0.118. The molecule has 0 aliphatic rings. The van der Waals surface area contributed by atoms with E-state index < -0.39 is 15.3 Å². The summed E-state index contributed by atoms with van der Waals surface area (Å²) in [6.45, 7) is 0.152. The molecule has 0 bridgehead atoms. The van der Waals surface area contributed by atoms with Gasteiger partial charge in [0, 0.05) is 5.39 Å². The second-order valence-electron chi connectivity index (χ2n) is 5.76. The molecule has 0 spiro atoms. The number of nitrogen functional groups attached to an aromatic ring is 1. The summed E-state index contributed by atoms with van der Waals surface area (Å²) in [5.41, 5.74) is 5.94. The quantitative estimate of drug-likeness (QED) is 0.512. The number of nitrogens with two attached hydrogens (primary N) is 1. The highest BCUT2D eigenvalue weighted by Crippen LogP contribution is 2.26.